The standard InChI is InChI=1S/C31H29FN2O2/c32-28-18-10-17-27(22-28)30(35)33-29(21-25-13-6-2-7-14-25)31(36)34(23-26-15-8-3-9-16-26)20-19-24-11-4-1-5-12-24/h1-18,22,29H,19-21,23H2,(H,33,35). The minimum atomic E-state index is -0.803. The summed E-state index contributed by atoms with van der Waals surface area (Å²) >= 11 is 0. The van der Waals surface area contributed by atoms with Crippen LogP contribution in [0.15, 0.2) is 115 Å². The molecule has 0 spiro atoms. The average Bonchev–Trinajstić information content (AvgIpc) is 2.92. The predicted molar refractivity (Wildman–Crippen MR) is 140 cm³/mol. The fraction of sp³-hybridized carbons (Fsp3) is 0.161. The molecular weight excluding hydrogens is 451 g/mol. The normalized spacial score (nSPS) is 11.5. The van der Waals surface area contributed by atoms with E-state index in [9.17, 15) is 14.0 Å². The molecule has 4 nitrogen and oxygen atoms in total. The Hall–Kier alpha value is -4.25. The molecule has 0 aliphatic rings. The summed E-state index contributed by atoms with van der Waals surface area (Å²) in [6.07, 6.45) is 1.02. The highest BCUT2D eigenvalue weighted by molar-refractivity contribution is 5.97. The molecule has 0 heterocycles. The Morgan fingerprint density at radius 3 is 1.92 bits per heavy atom. The van der Waals surface area contributed by atoms with E-state index in [1.165, 1.54) is 18.2 Å². The van der Waals surface area contributed by atoms with Gasteiger partial charge in [-0.2, -0.15) is 0 Å². The van der Waals surface area contributed by atoms with E-state index in [1.807, 2.05) is 91.0 Å². The molecule has 1 atom stereocenters. The monoisotopic (exact) mass is 480 g/mol. The molecule has 0 radical (unpaired) electrons. The van der Waals surface area contributed by atoms with Crippen molar-refractivity contribution in [2.45, 2.75) is 25.4 Å². The zero-order valence-electron chi connectivity index (χ0n) is 20.0. The number of halogens is 1. The second-order valence-corrected chi connectivity index (χ2v) is 8.71. The molecule has 5 heteroatoms. The summed E-state index contributed by atoms with van der Waals surface area (Å²) in [7, 11) is 0. The van der Waals surface area contributed by atoms with Crippen molar-refractivity contribution in [3.8, 4) is 0 Å². The van der Waals surface area contributed by atoms with Gasteiger partial charge in [-0.05, 0) is 41.3 Å². The first-order chi connectivity index (χ1) is 17.6. The predicted octanol–water partition coefficient (Wildman–Crippen LogP) is 5.44. The molecule has 0 saturated heterocycles. The zero-order chi connectivity index (χ0) is 25.2. The highest BCUT2D eigenvalue weighted by Crippen LogP contribution is 2.13. The van der Waals surface area contributed by atoms with E-state index in [2.05, 4.69) is 5.32 Å². The van der Waals surface area contributed by atoms with Crippen LogP contribution in [0.3, 0.4) is 0 Å². The van der Waals surface area contributed by atoms with Crippen molar-refractivity contribution >= 4 is 11.8 Å². The summed E-state index contributed by atoms with van der Waals surface area (Å²) < 4.78 is 13.7. The molecule has 0 aliphatic carbocycles. The van der Waals surface area contributed by atoms with Gasteiger partial charge in [-0.3, -0.25) is 9.59 Å². The Balaban J connectivity index is 1.59. The van der Waals surface area contributed by atoms with Crippen LogP contribution in [-0.4, -0.2) is 29.3 Å². The summed E-state index contributed by atoms with van der Waals surface area (Å²) in [5, 5.41) is 2.88. The summed E-state index contributed by atoms with van der Waals surface area (Å²) in [6.45, 7) is 0.923. The molecule has 1 N–H and O–H groups in total. The lowest BCUT2D eigenvalue weighted by Crippen LogP contribution is -2.50. The lowest BCUT2D eigenvalue weighted by molar-refractivity contribution is -0.133. The Bertz CT molecular complexity index is 1260. The van der Waals surface area contributed by atoms with Gasteiger partial charge in [-0.25, -0.2) is 4.39 Å². The molecule has 0 fully saturated rings. The van der Waals surface area contributed by atoms with E-state index >= 15 is 0 Å². The largest absolute Gasteiger partial charge is 0.340 e. The number of amides is 2. The van der Waals surface area contributed by atoms with Gasteiger partial charge in [0, 0.05) is 25.1 Å². The Kier molecular flexibility index (Phi) is 8.60. The maximum atomic E-state index is 13.9. The average molecular weight is 481 g/mol. The number of hydrogen-bond donors (Lipinski definition) is 1. The third-order valence-electron chi connectivity index (χ3n) is 6.01. The number of carbonyl (C=O) groups excluding carboxylic acids is 2. The van der Waals surface area contributed by atoms with Crippen LogP contribution < -0.4 is 5.32 Å². The van der Waals surface area contributed by atoms with Crippen LogP contribution in [0, 0.1) is 5.82 Å². The van der Waals surface area contributed by atoms with Crippen molar-refractivity contribution in [3.63, 3.8) is 0 Å². The van der Waals surface area contributed by atoms with Crippen molar-refractivity contribution in [2.75, 3.05) is 6.54 Å². The van der Waals surface area contributed by atoms with E-state index in [1.54, 1.807) is 11.0 Å². The summed E-state index contributed by atoms with van der Waals surface area (Å²) in [5.74, 6) is -1.16. The minimum Gasteiger partial charge on any atom is -0.340 e. The topological polar surface area (TPSA) is 49.4 Å². The Morgan fingerprint density at radius 1 is 0.722 bits per heavy atom. The molecule has 0 bridgehead atoms. The zero-order valence-corrected chi connectivity index (χ0v) is 20.0. The van der Waals surface area contributed by atoms with Gasteiger partial charge in [-0.15, -0.1) is 0 Å². The van der Waals surface area contributed by atoms with Crippen LogP contribution in [0.4, 0.5) is 4.39 Å². The van der Waals surface area contributed by atoms with Crippen LogP contribution >= 0.6 is 0 Å². The van der Waals surface area contributed by atoms with E-state index < -0.39 is 17.8 Å². The number of benzene rings is 4. The molecule has 0 saturated carbocycles. The summed E-state index contributed by atoms with van der Waals surface area (Å²) in [6, 6.07) is 34.1. The first-order valence-corrected chi connectivity index (χ1v) is 12.1. The molecule has 4 aromatic carbocycles. The molecule has 2 amide bonds. The van der Waals surface area contributed by atoms with Crippen LogP contribution in [-0.2, 0) is 24.2 Å². The van der Waals surface area contributed by atoms with Crippen molar-refractivity contribution in [2.24, 2.45) is 0 Å². The van der Waals surface area contributed by atoms with E-state index in [0.717, 1.165) is 16.7 Å². The van der Waals surface area contributed by atoms with Crippen molar-refractivity contribution < 1.29 is 14.0 Å². The second-order valence-electron chi connectivity index (χ2n) is 8.71. The van der Waals surface area contributed by atoms with E-state index in [-0.39, 0.29) is 11.5 Å². The molecule has 4 rings (SSSR count). The van der Waals surface area contributed by atoms with Gasteiger partial charge in [0.1, 0.15) is 11.9 Å². The Morgan fingerprint density at radius 2 is 1.31 bits per heavy atom. The SMILES string of the molecule is O=C(NC(Cc1ccccc1)C(=O)N(CCc1ccccc1)Cc1ccccc1)c1cccc(F)c1. The van der Waals surface area contributed by atoms with E-state index in [4.69, 9.17) is 0 Å². The van der Waals surface area contributed by atoms with E-state index in [0.29, 0.717) is 25.9 Å². The number of nitrogens with zero attached hydrogens (tertiary/aromatic N) is 1. The lowest BCUT2D eigenvalue weighted by Gasteiger charge is -2.28. The molecule has 0 aliphatic heterocycles. The minimum absolute atomic E-state index is 0.177. The number of rotatable bonds is 10. The highest BCUT2D eigenvalue weighted by Gasteiger charge is 2.27. The maximum Gasteiger partial charge on any atom is 0.252 e. The van der Waals surface area contributed by atoms with Gasteiger partial charge in [0.05, 0.1) is 0 Å². The van der Waals surface area contributed by atoms with Crippen molar-refractivity contribution in [1.29, 1.82) is 0 Å². The van der Waals surface area contributed by atoms with Crippen LogP contribution in [0.5, 0.6) is 0 Å². The molecule has 4 aromatic rings. The quantitative estimate of drug-likeness (QED) is 0.329. The van der Waals surface area contributed by atoms with Crippen LogP contribution in [0.1, 0.15) is 27.0 Å². The lowest BCUT2D eigenvalue weighted by atomic mass is 10.0. The molecule has 0 aromatic heterocycles. The molecular formula is C31H29FN2O2. The molecule has 1 unspecified atom stereocenters. The molecule has 182 valence electrons. The van der Waals surface area contributed by atoms with Crippen molar-refractivity contribution in [1.82, 2.24) is 10.2 Å². The maximum absolute atomic E-state index is 13.9. The van der Waals surface area contributed by atoms with Gasteiger partial charge in [0.2, 0.25) is 5.91 Å². The van der Waals surface area contributed by atoms with Gasteiger partial charge >= 0.3 is 0 Å². The summed E-state index contributed by atoms with van der Waals surface area (Å²) in [5.41, 5.74) is 3.25. The van der Waals surface area contributed by atoms with Gasteiger partial charge in [0.15, 0.2) is 0 Å². The van der Waals surface area contributed by atoms with Gasteiger partial charge in [0.25, 0.3) is 5.91 Å². The third-order valence-corrected chi connectivity index (χ3v) is 6.01. The number of nitrogens with one attached hydrogen (secondary N) is 1. The number of carbonyl (C=O) groups is 2. The Labute approximate surface area is 211 Å². The van der Waals surface area contributed by atoms with Crippen LogP contribution in [0.25, 0.3) is 0 Å². The highest BCUT2D eigenvalue weighted by atomic mass is 19.1. The summed E-state index contributed by atoms with van der Waals surface area (Å²) in [4.78, 5) is 28.8. The molecule has 36 heavy (non-hydrogen) atoms. The second kappa shape index (κ2) is 12.5. The first-order valence-electron chi connectivity index (χ1n) is 12.1. The smallest absolute Gasteiger partial charge is 0.252 e. The fourth-order valence-corrected chi connectivity index (χ4v) is 4.12. The first kappa shape index (κ1) is 24.9. The van der Waals surface area contributed by atoms with Crippen LogP contribution in [0.2, 0.25) is 0 Å². The van der Waals surface area contributed by atoms with Crippen molar-refractivity contribution in [3.05, 3.63) is 143 Å². The number of hydrogen-bond acceptors (Lipinski definition) is 2. The van der Waals surface area contributed by atoms with Gasteiger partial charge in [-0.1, -0.05) is 97.1 Å². The fourth-order valence-electron chi connectivity index (χ4n) is 4.12. The third kappa shape index (κ3) is 7.12. The van der Waals surface area contributed by atoms with Gasteiger partial charge < -0.3 is 10.2 Å².